The minimum absolute atomic E-state index is 0.177. The van der Waals surface area contributed by atoms with Crippen LogP contribution in [0.2, 0.25) is 0 Å². The van der Waals surface area contributed by atoms with Crippen LogP contribution < -0.4 is 0 Å². The van der Waals surface area contributed by atoms with Crippen molar-refractivity contribution in [1.29, 1.82) is 0 Å². The van der Waals surface area contributed by atoms with Gasteiger partial charge in [0.15, 0.2) is 0 Å². The molecule has 0 unspecified atom stereocenters. The van der Waals surface area contributed by atoms with Crippen molar-refractivity contribution in [3.63, 3.8) is 0 Å². The molecule has 2 amide bonds. The van der Waals surface area contributed by atoms with Gasteiger partial charge in [0.2, 0.25) is 0 Å². The molecule has 2 aliphatic heterocycles. The van der Waals surface area contributed by atoms with Gasteiger partial charge in [0.1, 0.15) is 5.60 Å². The van der Waals surface area contributed by atoms with Gasteiger partial charge in [0.05, 0.1) is 0 Å². The van der Waals surface area contributed by atoms with Crippen LogP contribution in [0.25, 0.3) is 0 Å². The summed E-state index contributed by atoms with van der Waals surface area (Å²) in [7, 11) is 0. The molecule has 5 nitrogen and oxygen atoms in total. The molecule has 148 valence electrons. The Morgan fingerprint density at radius 2 is 1.85 bits per heavy atom. The summed E-state index contributed by atoms with van der Waals surface area (Å²) in [6.07, 6.45) is 5.27. The highest BCUT2D eigenvalue weighted by atomic mass is 16.6. The maximum Gasteiger partial charge on any atom is 0.410 e. The van der Waals surface area contributed by atoms with E-state index in [4.69, 9.17) is 4.74 Å². The smallest absolute Gasteiger partial charge is 0.410 e. The Morgan fingerprint density at radius 1 is 1.15 bits per heavy atom. The third-order valence-electron chi connectivity index (χ3n) is 5.45. The first-order chi connectivity index (χ1) is 12.8. The highest BCUT2D eigenvalue weighted by molar-refractivity contribution is 5.98. The van der Waals surface area contributed by atoms with Crippen molar-refractivity contribution in [2.24, 2.45) is 5.92 Å². The molecule has 0 N–H and O–H groups in total. The van der Waals surface area contributed by atoms with E-state index in [-0.39, 0.29) is 12.0 Å². The molecule has 0 atom stereocenters. The topological polar surface area (TPSA) is 49.9 Å². The van der Waals surface area contributed by atoms with Crippen molar-refractivity contribution in [2.75, 3.05) is 19.6 Å². The molecule has 0 radical (unpaired) electrons. The predicted molar refractivity (Wildman–Crippen MR) is 106 cm³/mol. The zero-order valence-corrected chi connectivity index (χ0v) is 16.9. The molecule has 0 spiro atoms. The first-order valence-electron chi connectivity index (χ1n) is 10.2. The van der Waals surface area contributed by atoms with Crippen LogP contribution in [0.5, 0.6) is 0 Å². The highest BCUT2D eigenvalue weighted by Gasteiger charge is 2.28. The zero-order chi connectivity index (χ0) is 19.4. The SMILES string of the molecule is CC(C)(C)OC(=O)N1CCC(CCCCN2Cc3ccccc3C2=O)CC1. The number of hydrogen-bond donors (Lipinski definition) is 0. The molecular formula is C22H32N2O3. The van der Waals surface area contributed by atoms with Crippen molar-refractivity contribution in [3.8, 4) is 0 Å². The zero-order valence-electron chi connectivity index (χ0n) is 16.9. The summed E-state index contributed by atoms with van der Waals surface area (Å²) in [4.78, 5) is 28.3. The van der Waals surface area contributed by atoms with E-state index in [0.29, 0.717) is 5.92 Å². The second-order valence-electron chi connectivity index (χ2n) is 8.79. The van der Waals surface area contributed by atoms with Gasteiger partial charge >= 0.3 is 6.09 Å². The number of likely N-dealkylation sites (tertiary alicyclic amines) is 1. The Kier molecular flexibility index (Phi) is 6.08. The normalized spacial score (nSPS) is 18.0. The second kappa shape index (κ2) is 8.32. The van der Waals surface area contributed by atoms with E-state index in [1.807, 2.05) is 54.8 Å². The van der Waals surface area contributed by atoms with Crippen molar-refractivity contribution in [1.82, 2.24) is 9.80 Å². The van der Waals surface area contributed by atoms with Crippen LogP contribution in [-0.2, 0) is 11.3 Å². The van der Waals surface area contributed by atoms with Gasteiger partial charge in [-0.25, -0.2) is 4.79 Å². The minimum atomic E-state index is -0.430. The van der Waals surface area contributed by atoms with Gasteiger partial charge < -0.3 is 14.5 Å². The number of nitrogens with zero attached hydrogens (tertiary/aromatic N) is 2. The molecule has 1 aromatic rings. The summed E-state index contributed by atoms with van der Waals surface area (Å²) in [5, 5.41) is 0. The number of piperidine rings is 1. The summed E-state index contributed by atoms with van der Waals surface area (Å²) in [5.41, 5.74) is 1.59. The fraction of sp³-hybridized carbons (Fsp3) is 0.636. The first kappa shape index (κ1) is 19.7. The molecule has 0 aliphatic carbocycles. The maximum atomic E-state index is 12.4. The van der Waals surface area contributed by atoms with E-state index in [9.17, 15) is 9.59 Å². The summed E-state index contributed by atoms with van der Waals surface area (Å²) in [6.45, 7) is 8.89. The largest absolute Gasteiger partial charge is 0.444 e. The third-order valence-corrected chi connectivity index (χ3v) is 5.45. The first-order valence-corrected chi connectivity index (χ1v) is 10.2. The molecule has 27 heavy (non-hydrogen) atoms. The number of hydrogen-bond acceptors (Lipinski definition) is 3. The van der Waals surface area contributed by atoms with Gasteiger partial charge in [-0.05, 0) is 57.6 Å². The molecule has 3 rings (SSSR count). The number of ether oxygens (including phenoxy) is 1. The Labute approximate surface area is 162 Å². The summed E-state index contributed by atoms with van der Waals surface area (Å²) < 4.78 is 5.45. The van der Waals surface area contributed by atoms with Crippen LogP contribution in [0.15, 0.2) is 24.3 Å². The Hall–Kier alpha value is -2.04. The molecule has 0 saturated carbocycles. The fourth-order valence-electron chi connectivity index (χ4n) is 3.96. The summed E-state index contributed by atoms with van der Waals surface area (Å²) in [6, 6.07) is 7.91. The Bertz CT molecular complexity index is 672. The lowest BCUT2D eigenvalue weighted by Crippen LogP contribution is -2.41. The molecule has 2 aliphatic rings. The molecule has 0 bridgehead atoms. The van der Waals surface area contributed by atoms with Crippen molar-refractivity contribution in [2.45, 2.75) is 65.0 Å². The maximum absolute atomic E-state index is 12.4. The van der Waals surface area contributed by atoms with Gasteiger partial charge in [0, 0.05) is 31.7 Å². The lowest BCUT2D eigenvalue weighted by molar-refractivity contribution is 0.0180. The minimum Gasteiger partial charge on any atom is -0.444 e. The molecular weight excluding hydrogens is 340 g/mol. The van der Waals surface area contributed by atoms with E-state index in [0.717, 1.165) is 63.0 Å². The van der Waals surface area contributed by atoms with Crippen molar-refractivity contribution >= 4 is 12.0 Å². The third kappa shape index (κ3) is 5.24. The number of fused-ring (bicyclic) bond motifs is 1. The number of unbranched alkanes of at least 4 members (excludes halogenated alkanes) is 1. The number of benzene rings is 1. The van der Waals surface area contributed by atoms with Crippen molar-refractivity contribution < 1.29 is 14.3 Å². The van der Waals surface area contributed by atoms with Crippen LogP contribution in [0, 0.1) is 5.92 Å². The molecule has 5 heteroatoms. The molecule has 0 aromatic heterocycles. The molecule has 1 aromatic carbocycles. The number of amides is 2. The average molecular weight is 373 g/mol. The highest BCUT2D eigenvalue weighted by Crippen LogP contribution is 2.26. The molecule has 1 saturated heterocycles. The Morgan fingerprint density at radius 3 is 2.52 bits per heavy atom. The number of carbonyl (C=O) groups is 2. The van der Waals surface area contributed by atoms with Crippen LogP contribution in [0.4, 0.5) is 4.79 Å². The van der Waals surface area contributed by atoms with Gasteiger partial charge in [-0.3, -0.25) is 4.79 Å². The summed E-state index contributed by atoms with van der Waals surface area (Å²) >= 11 is 0. The van der Waals surface area contributed by atoms with E-state index in [2.05, 4.69) is 0 Å². The summed E-state index contributed by atoms with van der Waals surface area (Å²) in [5.74, 6) is 0.853. The van der Waals surface area contributed by atoms with E-state index in [1.165, 1.54) is 6.42 Å². The van der Waals surface area contributed by atoms with Crippen LogP contribution >= 0.6 is 0 Å². The lowest BCUT2D eigenvalue weighted by Gasteiger charge is -2.33. The number of carbonyl (C=O) groups excluding carboxylic acids is 2. The van der Waals surface area contributed by atoms with Crippen LogP contribution in [0.1, 0.15) is 68.8 Å². The monoisotopic (exact) mass is 372 g/mol. The lowest BCUT2D eigenvalue weighted by atomic mass is 9.91. The standard InChI is InChI=1S/C22H32N2O3/c1-22(2,3)27-21(26)23-14-11-17(12-15-23)8-6-7-13-24-16-18-9-4-5-10-19(18)20(24)25/h4-5,9-10,17H,6-8,11-16H2,1-3H3. The van der Waals surface area contributed by atoms with Crippen LogP contribution in [-0.4, -0.2) is 47.0 Å². The average Bonchev–Trinajstić information content (AvgIpc) is 2.94. The quantitative estimate of drug-likeness (QED) is 0.717. The number of rotatable bonds is 5. The fourth-order valence-corrected chi connectivity index (χ4v) is 3.96. The van der Waals surface area contributed by atoms with E-state index >= 15 is 0 Å². The Balaban J connectivity index is 1.32. The molecule has 2 heterocycles. The van der Waals surface area contributed by atoms with Gasteiger partial charge in [-0.2, -0.15) is 0 Å². The van der Waals surface area contributed by atoms with Gasteiger partial charge in [-0.15, -0.1) is 0 Å². The van der Waals surface area contributed by atoms with Gasteiger partial charge in [0.25, 0.3) is 5.91 Å². The second-order valence-corrected chi connectivity index (χ2v) is 8.79. The molecule has 1 fully saturated rings. The van der Waals surface area contributed by atoms with Gasteiger partial charge in [-0.1, -0.05) is 31.0 Å². The van der Waals surface area contributed by atoms with E-state index in [1.54, 1.807) is 0 Å². The van der Waals surface area contributed by atoms with Crippen molar-refractivity contribution in [3.05, 3.63) is 35.4 Å². The predicted octanol–water partition coefficient (Wildman–Crippen LogP) is 4.46. The van der Waals surface area contributed by atoms with Crippen LogP contribution in [0.3, 0.4) is 0 Å². The van der Waals surface area contributed by atoms with E-state index < -0.39 is 5.60 Å².